The molecule has 3 nitrogen and oxygen atoms in total. The van der Waals surface area contributed by atoms with Crippen molar-refractivity contribution in [3.05, 3.63) is 12.5 Å². The average molecular weight is 73.1 g/mol. The molecule has 0 unspecified atom stereocenters. The Morgan fingerprint density at radius 1 is 1.60 bits per heavy atom. The van der Waals surface area contributed by atoms with Crippen molar-refractivity contribution < 1.29 is 9.88 Å². The maximum Gasteiger partial charge on any atom is 0.150 e. The van der Waals surface area contributed by atoms with Crippen LogP contribution in [-0.2, 0) is 9.88 Å². The van der Waals surface area contributed by atoms with E-state index in [0.29, 0.717) is 0 Å². The normalized spacial score (nSPS) is 17.6. The summed E-state index contributed by atoms with van der Waals surface area (Å²) >= 11 is 0. The van der Waals surface area contributed by atoms with E-state index in [1.807, 2.05) is 0 Å². The van der Waals surface area contributed by atoms with Crippen LogP contribution in [0.25, 0.3) is 0 Å². The molecule has 0 aliphatic carbocycles. The predicted molar refractivity (Wildman–Crippen MR) is 14.4 cm³/mol. The van der Waals surface area contributed by atoms with Crippen molar-refractivity contribution in [2.75, 3.05) is 0 Å². The summed E-state index contributed by atoms with van der Waals surface area (Å²) in [6, 6.07) is 0. The fourth-order valence-electron chi connectivity index (χ4n) is 0.139. The molecule has 0 bridgehead atoms. The van der Waals surface area contributed by atoms with Crippen LogP contribution in [0.5, 0.6) is 0 Å². The molecule has 0 aromatic heterocycles. The van der Waals surface area contributed by atoms with Crippen LogP contribution in [0, 0.1) is 0 Å². The quantitative estimate of drug-likeness (QED) is 0.407. The van der Waals surface area contributed by atoms with Crippen LogP contribution < -0.4 is 5.48 Å². The fourth-order valence-corrected chi connectivity index (χ4v) is 0.139. The second kappa shape index (κ2) is 0.944. The monoisotopic (exact) mass is 73.0 g/mol. The lowest BCUT2D eigenvalue weighted by Gasteiger charge is -1.81. The largest absolute Gasteiger partial charge is 0.321 e. The summed E-state index contributed by atoms with van der Waals surface area (Å²) in [5, 5.41) is 0. The van der Waals surface area contributed by atoms with Crippen LogP contribution in [0.3, 0.4) is 0 Å². The SMILES string of the molecule is C1=COON1. The first-order valence-electron chi connectivity index (χ1n) is 1.23. The Labute approximate surface area is 29.1 Å². The topological polar surface area (TPSA) is 30.5 Å². The third-order valence-electron chi connectivity index (χ3n) is 0.288. The number of hydrogen-bond acceptors (Lipinski definition) is 3. The van der Waals surface area contributed by atoms with Crippen molar-refractivity contribution in [3.8, 4) is 0 Å². The molecule has 1 aliphatic heterocycles. The molecule has 0 radical (unpaired) electrons. The summed E-state index contributed by atoms with van der Waals surface area (Å²) in [4.78, 5) is 8.24. The van der Waals surface area contributed by atoms with Gasteiger partial charge in [0.05, 0.1) is 6.20 Å². The Morgan fingerprint density at radius 2 is 2.60 bits per heavy atom. The van der Waals surface area contributed by atoms with E-state index in [9.17, 15) is 0 Å². The molecule has 0 aromatic rings. The molecule has 1 N–H and O–H groups in total. The van der Waals surface area contributed by atoms with Gasteiger partial charge in [-0.2, -0.15) is 0 Å². The van der Waals surface area contributed by atoms with Gasteiger partial charge in [0.15, 0.2) is 0 Å². The standard InChI is InChI=1S/C2H3NO2/c1-2-4-5-3-1/h1-3H. The summed E-state index contributed by atoms with van der Waals surface area (Å²) in [6.45, 7) is 0. The molecule has 0 aromatic carbocycles. The predicted octanol–water partition coefficient (Wildman–Crippen LogP) is -0.0760. The van der Waals surface area contributed by atoms with E-state index in [1.54, 1.807) is 6.20 Å². The first-order chi connectivity index (χ1) is 2.50. The zero-order chi connectivity index (χ0) is 3.54. The van der Waals surface area contributed by atoms with Gasteiger partial charge in [0.25, 0.3) is 0 Å². The van der Waals surface area contributed by atoms with Crippen molar-refractivity contribution in [3.63, 3.8) is 0 Å². The minimum absolute atomic E-state index is 1.40. The lowest BCUT2D eigenvalue weighted by molar-refractivity contribution is -0.264. The van der Waals surface area contributed by atoms with Crippen molar-refractivity contribution in [2.45, 2.75) is 0 Å². The minimum Gasteiger partial charge on any atom is -0.321 e. The number of hydroxylamine groups is 1. The third kappa shape index (κ3) is 0.302. The van der Waals surface area contributed by atoms with Gasteiger partial charge in [-0.3, -0.25) is 0 Å². The van der Waals surface area contributed by atoms with Crippen LogP contribution in [0.1, 0.15) is 0 Å². The zero-order valence-electron chi connectivity index (χ0n) is 2.47. The molecule has 0 amide bonds. The molecule has 3 heteroatoms. The molecular formula is C2H3NO2. The molecule has 5 heavy (non-hydrogen) atoms. The van der Waals surface area contributed by atoms with Gasteiger partial charge in [0, 0.05) is 0 Å². The zero-order valence-corrected chi connectivity index (χ0v) is 2.47. The lowest BCUT2D eigenvalue weighted by Crippen LogP contribution is -1.94. The molecule has 0 spiro atoms. The van der Waals surface area contributed by atoms with Gasteiger partial charge in [-0.1, -0.05) is 4.99 Å². The van der Waals surface area contributed by atoms with E-state index in [2.05, 4.69) is 15.4 Å². The van der Waals surface area contributed by atoms with Crippen LogP contribution >= 0.6 is 0 Å². The van der Waals surface area contributed by atoms with Crippen molar-refractivity contribution in [2.24, 2.45) is 0 Å². The highest BCUT2D eigenvalue weighted by Gasteiger charge is 1.81. The van der Waals surface area contributed by atoms with Gasteiger partial charge < -0.3 is 4.89 Å². The highest BCUT2D eigenvalue weighted by Crippen LogP contribution is 1.80. The van der Waals surface area contributed by atoms with Crippen molar-refractivity contribution >= 4 is 0 Å². The van der Waals surface area contributed by atoms with Crippen LogP contribution in [0.4, 0.5) is 0 Å². The second-order valence-corrected chi connectivity index (χ2v) is 0.600. The third-order valence-corrected chi connectivity index (χ3v) is 0.288. The summed E-state index contributed by atoms with van der Waals surface area (Å²) in [6.07, 6.45) is 2.94. The maximum atomic E-state index is 4.15. The highest BCUT2D eigenvalue weighted by atomic mass is 17.3. The maximum absolute atomic E-state index is 4.15. The van der Waals surface area contributed by atoms with E-state index < -0.39 is 0 Å². The van der Waals surface area contributed by atoms with Gasteiger partial charge >= 0.3 is 0 Å². The first-order valence-corrected chi connectivity index (χ1v) is 1.23. The Balaban J connectivity index is 2.32. The molecule has 0 atom stereocenters. The Morgan fingerprint density at radius 3 is 2.80 bits per heavy atom. The Hall–Kier alpha value is -0.700. The first kappa shape index (κ1) is 2.53. The summed E-state index contributed by atoms with van der Waals surface area (Å²) in [5.41, 5.74) is 2.32. The second-order valence-electron chi connectivity index (χ2n) is 0.600. The van der Waals surface area contributed by atoms with Gasteiger partial charge in [0.1, 0.15) is 6.26 Å². The molecule has 0 saturated carbocycles. The molecular weight excluding hydrogens is 70.0 g/mol. The molecule has 1 rings (SSSR count). The summed E-state index contributed by atoms with van der Waals surface area (Å²) < 4.78 is 0. The fraction of sp³-hybridized carbons (Fsp3) is 0. The highest BCUT2D eigenvalue weighted by molar-refractivity contribution is 4.65. The minimum atomic E-state index is 1.40. The molecule has 1 aliphatic rings. The lowest BCUT2D eigenvalue weighted by atomic mass is 11.0. The van der Waals surface area contributed by atoms with E-state index in [4.69, 9.17) is 0 Å². The van der Waals surface area contributed by atoms with Crippen LogP contribution in [0.2, 0.25) is 0 Å². The van der Waals surface area contributed by atoms with E-state index >= 15 is 0 Å². The smallest absolute Gasteiger partial charge is 0.150 e. The van der Waals surface area contributed by atoms with Crippen LogP contribution in [0.15, 0.2) is 12.5 Å². The van der Waals surface area contributed by atoms with Gasteiger partial charge in [-0.25, -0.2) is 5.48 Å². The van der Waals surface area contributed by atoms with Gasteiger partial charge in [-0.15, -0.1) is 0 Å². The van der Waals surface area contributed by atoms with Crippen molar-refractivity contribution in [1.29, 1.82) is 0 Å². The van der Waals surface area contributed by atoms with Crippen LogP contribution in [-0.4, -0.2) is 0 Å². The number of rotatable bonds is 0. The van der Waals surface area contributed by atoms with E-state index in [-0.39, 0.29) is 0 Å². The van der Waals surface area contributed by atoms with Crippen molar-refractivity contribution in [1.82, 2.24) is 5.48 Å². The molecule has 0 fully saturated rings. The van der Waals surface area contributed by atoms with Gasteiger partial charge in [-0.05, 0) is 0 Å². The molecule has 28 valence electrons. The Bertz CT molecular complexity index is 45.6. The van der Waals surface area contributed by atoms with E-state index in [1.165, 1.54) is 6.26 Å². The average Bonchev–Trinajstić information content (AvgIpc) is 1.76. The van der Waals surface area contributed by atoms with Gasteiger partial charge in [0.2, 0.25) is 0 Å². The van der Waals surface area contributed by atoms with E-state index in [0.717, 1.165) is 0 Å². The molecule has 0 saturated heterocycles. The number of nitrogens with one attached hydrogen (secondary N) is 1. The molecule has 1 heterocycles. The summed E-state index contributed by atoms with van der Waals surface area (Å²) in [7, 11) is 0. The number of hydrogen-bond donors (Lipinski definition) is 1. The Kier molecular flexibility index (Phi) is 0.478. The summed E-state index contributed by atoms with van der Waals surface area (Å²) in [5.74, 6) is 0.